The van der Waals surface area contributed by atoms with Gasteiger partial charge in [0.1, 0.15) is 0 Å². The Labute approximate surface area is 142 Å². The van der Waals surface area contributed by atoms with Crippen molar-refractivity contribution in [2.24, 2.45) is 0 Å². The molecule has 0 fully saturated rings. The number of amides is 1. The van der Waals surface area contributed by atoms with Gasteiger partial charge in [-0.1, -0.05) is 41.9 Å². The average molecular weight is 348 g/mol. The molecule has 0 saturated heterocycles. The first-order valence-corrected chi connectivity index (χ1v) is 8.85. The van der Waals surface area contributed by atoms with Crippen LogP contribution in [-0.2, 0) is 6.54 Å². The molecule has 0 aliphatic rings. The Kier molecular flexibility index (Phi) is 4.62. The Bertz CT molecular complexity index is 779. The van der Waals surface area contributed by atoms with Crippen LogP contribution in [0.15, 0.2) is 53.9 Å². The van der Waals surface area contributed by atoms with Gasteiger partial charge in [0, 0.05) is 17.5 Å². The van der Waals surface area contributed by atoms with E-state index in [1.54, 1.807) is 4.90 Å². The number of benzene rings is 1. The summed E-state index contributed by atoms with van der Waals surface area (Å²) in [7, 11) is 1.82. The summed E-state index contributed by atoms with van der Waals surface area (Å²) in [6.45, 7) is 0.572. The summed E-state index contributed by atoms with van der Waals surface area (Å²) in [5.74, 6) is 0.0402. The van der Waals surface area contributed by atoms with Crippen molar-refractivity contribution >= 4 is 40.2 Å². The molecule has 0 spiro atoms. The fourth-order valence-electron chi connectivity index (χ4n) is 2.24. The van der Waals surface area contributed by atoms with Crippen LogP contribution in [0.3, 0.4) is 0 Å². The van der Waals surface area contributed by atoms with E-state index in [0.717, 1.165) is 25.2 Å². The molecule has 3 aromatic rings. The van der Waals surface area contributed by atoms with Crippen LogP contribution in [0.5, 0.6) is 0 Å². The van der Waals surface area contributed by atoms with Crippen LogP contribution >= 0.6 is 34.3 Å². The lowest BCUT2D eigenvalue weighted by atomic mass is 10.1. The second-order valence-electron chi connectivity index (χ2n) is 4.90. The second-order valence-corrected chi connectivity index (χ2v) is 7.61. The largest absolute Gasteiger partial charge is 0.336 e. The van der Waals surface area contributed by atoms with Crippen LogP contribution in [0.2, 0.25) is 4.34 Å². The number of nitrogens with zero attached hydrogens (tertiary/aromatic N) is 1. The predicted octanol–water partition coefficient (Wildman–Crippen LogP) is 5.40. The number of carbonyl (C=O) groups excluding carboxylic acids is 1. The minimum atomic E-state index is 0.0402. The highest BCUT2D eigenvalue weighted by Gasteiger charge is 2.18. The Morgan fingerprint density at radius 2 is 1.91 bits per heavy atom. The maximum atomic E-state index is 12.7. The number of rotatable bonds is 4. The first-order valence-electron chi connectivity index (χ1n) is 6.78. The summed E-state index contributed by atoms with van der Waals surface area (Å²) in [6, 6.07) is 15.8. The molecule has 2 nitrogen and oxygen atoms in total. The first kappa shape index (κ1) is 15.3. The predicted molar refractivity (Wildman–Crippen MR) is 94.9 cm³/mol. The van der Waals surface area contributed by atoms with Crippen LogP contribution < -0.4 is 0 Å². The van der Waals surface area contributed by atoms with Crippen LogP contribution in [0.1, 0.15) is 14.5 Å². The van der Waals surface area contributed by atoms with Gasteiger partial charge in [-0.3, -0.25) is 4.79 Å². The molecule has 1 aromatic carbocycles. The zero-order chi connectivity index (χ0) is 15.5. The fraction of sp³-hybridized carbons (Fsp3) is 0.118. The lowest BCUT2D eigenvalue weighted by Crippen LogP contribution is -2.25. The van der Waals surface area contributed by atoms with Crippen LogP contribution in [-0.4, -0.2) is 17.9 Å². The molecule has 0 atom stereocenters. The summed E-state index contributed by atoms with van der Waals surface area (Å²) in [6.07, 6.45) is 0. The minimum Gasteiger partial charge on any atom is -0.336 e. The second kappa shape index (κ2) is 6.65. The van der Waals surface area contributed by atoms with Crippen LogP contribution in [0, 0.1) is 0 Å². The minimum absolute atomic E-state index is 0.0402. The first-order chi connectivity index (χ1) is 10.6. The Morgan fingerprint density at radius 3 is 2.59 bits per heavy atom. The summed E-state index contributed by atoms with van der Waals surface area (Å²) in [5, 5.41) is 1.96. The van der Waals surface area contributed by atoms with Gasteiger partial charge in [0.15, 0.2) is 0 Å². The van der Waals surface area contributed by atoms with E-state index in [1.165, 1.54) is 22.7 Å². The fourth-order valence-corrected chi connectivity index (χ4v) is 4.29. The molecule has 5 heteroatoms. The Hall–Kier alpha value is -1.62. The van der Waals surface area contributed by atoms with Crippen molar-refractivity contribution in [3.05, 3.63) is 68.0 Å². The third-order valence-corrected chi connectivity index (χ3v) is 5.43. The van der Waals surface area contributed by atoms with E-state index < -0.39 is 0 Å². The Morgan fingerprint density at radius 1 is 1.14 bits per heavy atom. The molecule has 112 valence electrons. The topological polar surface area (TPSA) is 20.3 Å². The summed E-state index contributed by atoms with van der Waals surface area (Å²) in [5.41, 5.74) is 2.06. The van der Waals surface area contributed by atoms with E-state index in [2.05, 4.69) is 0 Å². The summed E-state index contributed by atoms with van der Waals surface area (Å²) in [4.78, 5) is 16.3. The molecule has 0 unspecified atom stereocenters. The van der Waals surface area contributed by atoms with Crippen molar-refractivity contribution in [1.82, 2.24) is 4.90 Å². The molecular formula is C17H14ClNOS2. The van der Waals surface area contributed by atoms with Crippen molar-refractivity contribution in [1.29, 1.82) is 0 Å². The number of thiophene rings is 2. The Balaban J connectivity index is 1.82. The van der Waals surface area contributed by atoms with Crippen LogP contribution in [0.4, 0.5) is 0 Å². The number of hydrogen-bond acceptors (Lipinski definition) is 3. The average Bonchev–Trinajstić information content (AvgIpc) is 3.16. The molecular weight excluding hydrogens is 334 g/mol. The SMILES string of the molecule is CN(Cc1ccc(Cl)s1)C(=O)c1sccc1-c1ccccc1. The monoisotopic (exact) mass is 347 g/mol. The molecule has 22 heavy (non-hydrogen) atoms. The zero-order valence-electron chi connectivity index (χ0n) is 12.0. The normalized spacial score (nSPS) is 10.6. The van der Waals surface area contributed by atoms with Gasteiger partial charge >= 0.3 is 0 Å². The summed E-state index contributed by atoms with van der Waals surface area (Å²) >= 11 is 8.93. The van der Waals surface area contributed by atoms with Gasteiger partial charge in [0.2, 0.25) is 0 Å². The van der Waals surface area contributed by atoms with Crippen LogP contribution in [0.25, 0.3) is 11.1 Å². The quantitative estimate of drug-likeness (QED) is 0.618. The lowest BCUT2D eigenvalue weighted by molar-refractivity contribution is 0.0792. The van der Waals surface area contributed by atoms with Crippen molar-refractivity contribution in [3.63, 3.8) is 0 Å². The maximum Gasteiger partial charge on any atom is 0.264 e. The van der Waals surface area contributed by atoms with E-state index in [1.807, 2.05) is 61.0 Å². The maximum absolute atomic E-state index is 12.7. The van der Waals surface area contributed by atoms with Gasteiger partial charge in [-0.2, -0.15) is 0 Å². The zero-order valence-corrected chi connectivity index (χ0v) is 14.3. The van der Waals surface area contributed by atoms with Gasteiger partial charge in [0.05, 0.1) is 15.8 Å². The molecule has 0 bridgehead atoms. The third kappa shape index (κ3) is 3.24. The molecule has 0 radical (unpaired) electrons. The third-order valence-electron chi connectivity index (χ3n) is 3.31. The van der Waals surface area contributed by atoms with Gasteiger partial charge < -0.3 is 4.90 Å². The molecule has 0 aliphatic carbocycles. The van der Waals surface area contributed by atoms with E-state index in [-0.39, 0.29) is 5.91 Å². The molecule has 0 N–H and O–H groups in total. The van der Waals surface area contributed by atoms with Gasteiger partial charge in [0.25, 0.3) is 5.91 Å². The van der Waals surface area contributed by atoms with Crippen molar-refractivity contribution < 1.29 is 4.79 Å². The molecule has 2 aromatic heterocycles. The van der Waals surface area contributed by atoms with Gasteiger partial charge in [-0.15, -0.1) is 22.7 Å². The molecule has 1 amide bonds. The van der Waals surface area contributed by atoms with Crippen molar-refractivity contribution in [3.8, 4) is 11.1 Å². The van der Waals surface area contributed by atoms with E-state index in [9.17, 15) is 4.79 Å². The standard InChI is InChI=1S/C17H14ClNOS2/c1-19(11-13-7-8-15(18)22-13)17(20)16-14(9-10-21-16)12-5-3-2-4-6-12/h2-10H,11H2,1H3. The number of halogens is 1. The van der Waals surface area contributed by atoms with Crippen molar-refractivity contribution in [2.75, 3.05) is 7.05 Å². The lowest BCUT2D eigenvalue weighted by Gasteiger charge is -2.16. The van der Waals surface area contributed by atoms with Crippen molar-refractivity contribution in [2.45, 2.75) is 6.54 Å². The smallest absolute Gasteiger partial charge is 0.264 e. The molecule has 0 saturated carbocycles. The highest BCUT2D eigenvalue weighted by molar-refractivity contribution is 7.16. The van der Waals surface area contributed by atoms with E-state index in [0.29, 0.717) is 6.54 Å². The molecule has 2 heterocycles. The molecule has 3 rings (SSSR count). The van der Waals surface area contributed by atoms with Gasteiger partial charge in [-0.05, 0) is 29.1 Å². The number of hydrogen-bond donors (Lipinski definition) is 0. The molecule has 0 aliphatic heterocycles. The van der Waals surface area contributed by atoms with Gasteiger partial charge in [-0.25, -0.2) is 0 Å². The van der Waals surface area contributed by atoms with E-state index in [4.69, 9.17) is 11.6 Å². The summed E-state index contributed by atoms with van der Waals surface area (Å²) < 4.78 is 0.747. The number of carbonyl (C=O) groups is 1. The van der Waals surface area contributed by atoms with E-state index >= 15 is 0 Å². The highest BCUT2D eigenvalue weighted by Crippen LogP contribution is 2.30. The highest BCUT2D eigenvalue weighted by atomic mass is 35.5.